The smallest absolute Gasteiger partial charge is 0.338 e. The lowest BCUT2D eigenvalue weighted by atomic mass is 9.96. The molecule has 0 aromatic heterocycles. The van der Waals surface area contributed by atoms with Crippen LogP contribution in [0.5, 0.6) is 0 Å². The molecule has 3 aromatic carbocycles. The molecule has 5 rings (SSSR count). The summed E-state index contributed by atoms with van der Waals surface area (Å²) in [5.41, 5.74) is 1.60. The number of nitriles is 1. The summed E-state index contributed by atoms with van der Waals surface area (Å²) in [6, 6.07) is 19.2. The Bertz CT molecular complexity index is 1310. The summed E-state index contributed by atoms with van der Waals surface area (Å²) in [5.74, 6) is -2.19. The SMILES string of the molecule is N#Cc1ccccc1N1C(=O)C2(OCCCO2)c2cc(Cc3ccccc3C(F)(F)F)ccc21. The maximum atomic E-state index is 13.7. The third-order valence-electron chi connectivity index (χ3n) is 6.02. The van der Waals surface area contributed by atoms with Gasteiger partial charge in [-0.25, -0.2) is 0 Å². The van der Waals surface area contributed by atoms with E-state index in [2.05, 4.69) is 6.07 Å². The van der Waals surface area contributed by atoms with E-state index in [9.17, 15) is 23.2 Å². The third kappa shape index (κ3) is 3.54. The fourth-order valence-electron chi connectivity index (χ4n) is 4.51. The first-order valence-electron chi connectivity index (χ1n) is 10.8. The van der Waals surface area contributed by atoms with Crippen LogP contribution in [0.4, 0.5) is 24.5 Å². The molecule has 0 radical (unpaired) electrons. The molecule has 1 saturated heterocycles. The number of nitrogens with zero attached hydrogens (tertiary/aromatic N) is 2. The number of halogens is 3. The van der Waals surface area contributed by atoms with Gasteiger partial charge < -0.3 is 9.47 Å². The molecule has 5 nitrogen and oxygen atoms in total. The third-order valence-corrected chi connectivity index (χ3v) is 6.02. The highest BCUT2D eigenvalue weighted by molar-refractivity contribution is 6.12. The molecule has 2 aliphatic heterocycles. The lowest BCUT2D eigenvalue weighted by molar-refractivity contribution is -0.256. The highest BCUT2D eigenvalue weighted by atomic mass is 19.4. The van der Waals surface area contributed by atoms with Gasteiger partial charge in [-0.15, -0.1) is 0 Å². The number of hydrogen-bond donors (Lipinski definition) is 0. The molecule has 3 aromatic rings. The van der Waals surface area contributed by atoms with Gasteiger partial charge in [-0.3, -0.25) is 9.69 Å². The summed E-state index contributed by atoms with van der Waals surface area (Å²) < 4.78 is 52.3. The van der Waals surface area contributed by atoms with Gasteiger partial charge in [0.15, 0.2) is 0 Å². The number of para-hydroxylation sites is 1. The average Bonchev–Trinajstić information content (AvgIpc) is 3.06. The summed E-state index contributed by atoms with van der Waals surface area (Å²) in [6.07, 6.45) is -3.85. The Morgan fingerprint density at radius 2 is 1.68 bits per heavy atom. The van der Waals surface area contributed by atoms with Crippen LogP contribution in [0.25, 0.3) is 0 Å². The van der Waals surface area contributed by atoms with E-state index in [-0.39, 0.29) is 12.0 Å². The van der Waals surface area contributed by atoms with Gasteiger partial charge in [0.05, 0.1) is 35.7 Å². The van der Waals surface area contributed by atoms with Crippen molar-refractivity contribution in [3.63, 3.8) is 0 Å². The van der Waals surface area contributed by atoms with Crippen molar-refractivity contribution in [3.8, 4) is 6.07 Å². The van der Waals surface area contributed by atoms with E-state index >= 15 is 0 Å². The molecule has 1 amide bonds. The van der Waals surface area contributed by atoms with Crippen LogP contribution in [0.2, 0.25) is 0 Å². The van der Waals surface area contributed by atoms with Crippen molar-refractivity contribution in [2.45, 2.75) is 24.8 Å². The van der Waals surface area contributed by atoms with E-state index in [0.29, 0.717) is 47.7 Å². The Morgan fingerprint density at radius 1 is 0.971 bits per heavy atom. The van der Waals surface area contributed by atoms with Crippen molar-refractivity contribution in [3.05, 3.63) is 94.5 Å². The molecule has 0 N–H and O–H groups in total. The number of fused-ring (bicyclic) bond motifs is 2. The molecule has 1 fully saturated rings. The van der Waals surface area contributed by atoms with E-state index in [0.717, 1.165) is 6.07 Å². The summed E-state index contributed by atoms with van der Waals surface area (Å²) in [5, 5.41) is 9.57. The van der Waals surface area contributed by atoms with Gasteiger partial charge in [0.1, 0.15) is 6.07 Å². The van der Waals surface area contributed by atoms with Crippen LogP contribution < -0.4 is 4.90 Å². The topological polar surface area (TPSA) is 62.6 Å². The first-order chi connectivity index (χ1) is 16.3. The average molecular weight is 464 g/mol. The molecule has 0 aliphatic carbocycles. The number of anilines is 2. The molecule has 0 saturated carbocycles. The maximum absolute atomic E-state index is 13.7. The first kappa shape index (κ1) is 22.1. The molecular weight excluding hydrogens is 445 g/mol. The lowest BCUT2D eigenvalue weighted by Crippen LogP contribution is -2.46. The summed E-state index contributed by atoms with van der Waals surface area (Å²) >= 11 is 0. The minimum atomic E-state index is -4.47. The highest BCUT2D eigenvalue weighted by Crippen LogP contribution is 2.49. The van der Waals surface area contributed by atoms with Crippen molar-refractivity contribution in [1.29, 1.82) is 5.26 Å². The quantitative estimate of drug-likeness (QED) is 0.518. The largest absolute Gasteiger partial charge is 0.416 e. The summed E-state index contributed by atoms with van der Waals surface area (Å²) in [6.45, 7) is 0.583. The Balaban J connectivity index is 1.62. The second kappa shape index (κ2) is 8.28. The zero-order valence-electron chi connectivity index (χ0n) is 17.9. The Labute approximate surface area is 193 Å². The van der Waals surface area contributed by atoms with E-state index < -0.39 is 23.4 Å². The Hall–Kier alpha value is -3.67. The Kier molecular flexibility index (Phi) is 5.39. The first-order valence-corrected chi connectivity index (χ1v) is 10.8. The molecule has 0 unspecified atom stereocenters. The predicted octanol–water partition coefficient (Wildman–Crippen LogP) is 5.44. The van der Waals surface area contributed by atoms with Crippen molar-refractivity contribution in [2.24, 2.45) is 0 Å². The second-order valence-electron chi connectivity index (χ2n) is 8.12. The minimum absolute atomic E-state index is 0.0159. The number of hydrogen-bond acceptors (Lipinski definition) is 4. The standard InChI is InChI=1S/C26H19F3N2O3/c27-26(28,29)20-8-3-1-6-18(20)14-17-10-11-23-21(15-17)25(33-12-5-13-34-25)24(32)31(23)22-9-4-2-7-19(22)16-30/h1-4,6-11,15H,5,12-14H2. The minimum Gasteiger partial charge on any atom is -0.338 e. The summed E-state index contributed by atoms with van der Waals surface area (Å²) in [4.78, 5) is 15.1. The van der Waals surface area contributed by atoms with E-state index in [1.807, 2.05) is 0 Å². The van der Waals surface area contributed by atoms with Crippen LogP contribution in [-0.4, -0.2) is 19.1 Å². The van der Waals surface area contributed by atoms with Crippen LogP contribution in [0.3, 0.4) is 0 Å². The number of ether oxygens (including phenoxy) is 2. The molecule has 34 heavy (non-hydrogen) atoms. The fourth-order valence-corrected chi connectivity index (χ4v) is 4.51. The molecule has 0 atom stereocenters. The van der Waals surface area contributed by atoms with Crippen LogP contribution in [-0.2, 0) is 32.7 Å². The van der Waals surface area contributed by atoms with Crippen LogP contribution in [0.15, 0.2) is 66.7 Å². The zero-order chi connectivity index (χ0) is 23.9. The monoisotopic (exact) mass is 464 g/mol. The number of amides is 1. The van der Waals surface area contributed by atoms with Gasteiger partial charge in [0, 0.05) is 5.56 Å². The highest BCUT2D eigenvalue weighted by Gasteiger charge is 2.55. The molecule has 1 spiro atoms. The van der Waals surface area contributed by atoms with Crippen molar-refractivity contribution < 1.29 is 27.4 Å². The molecule has 0 bridgehead atoms. The van der Waals surface area contributed by atoms with Gasteiger partial charge in [-0.05, 0) is 54.3 Å². The van der Waals surface area contributed by atoms with Crippen molar-refractivity contribution in [2.75, 3.05) is 18.1 Å². The lowest BCUT2D eigenvalue weighted by Gasteiger charge is -2.32. The number of carbonyl (C=O) groups is 1. The normalized spacial score (nSPS) is 17.0. The maximum Gasteiger partial charge on any atom is 0.416 e. The zero-order valence-corrected chi connectivity index (χ0v) is 17.9. The van der Waals surface area contributed by atoms with Crippen molar-refractivity contribution in [1.82, 2.24) is 0 Å². The van der Waals surface area contributed by atoms with Gasteiger partial charge in [0.25, 0.3) is 11.7 Å². The van der Waals surface area contributed by atoms with Gasteiger partial charge in [-0.1, -0.05) is 36.4 Å². The summed E-state index contributed by atoms with van der Waals surface area (Å²) in [7, 11) is 0. The van der Waals surface area contributed by atoms with Gasteiger partial charge in [-0.2, -0.15) is 18.4 Å². The van der Waals surface area contributed by atoms with E-state index in [4.69, 9.17) is 9.47 Å². The number of rotatable bonds is 3. The Morgan fingerprint density at radius 3 is 2.41 bits per heavy atom. The molecule has 8 heteroatoms. The second-order valence-corrected chi connectivity index (χ2v) is 8.12. The number of alkyl halides is 3. The van der Waals surface area contributed by atoms with E-state index in [1.165, 1.54) is 17.0 Å². The molecular formula is C26H19F3N2O3. The number of carbonyl (C=O) groups excluding carboxylic acids is 1. The van der Waals surface area contributed by atoms with Gasteiger partial charge >= 0.3 is 6.18 Å². The molecule has 2 aliphatic rings. The van der Waals surface area contributed by atoms with Crippen LogP contribution in [0.1, 0.15) is 34.2 Å². The van der Waals surface area contributed by atoms with Gasteiger partial charge in [0.2, 0.25) is 0 Å². The predicted molar refractivity (Wildman–Crippen MR) is 117 cm³/mol. The van der Waals surface area contributed by atoms with Crippen molar-refractivity contribution >= 4 is 17.3 Å². The number of benzene rings is 3. The van der Waals surface area contributed by atoms with Crippen LogP contribution in [0, 0.1) is 11.3 Å². The fraction of sp³-hybridized carbons (Fsp3) is 0.231. The molecule has 172 valence electrons. The molecule has 2 heterocycles. The van der Waals surface area contributed by atoms with Crippen LogP contribution >= 0.6 is 0 Å². The van der Waals surface area contributed by atoms with E-state index in [1.54, 1.807) is 48.5 Å².